The van der Waals surface area contributed by atoms with Crippen molar-refractivity contribution in [3.05, 3.63) is 77.9 Å². The Kier molecular flexibility index (Phi) is 4.84. The Morgan fingerprint density at radius 1 is 1.09 bits per heavy atom. The molecule has 2 N–H and O–H groups in total. The van der Waals surface area contributed by atoms with Crippen LogP contribution in [-0.4, -0.2) is 41.7 Å². The van der Waals surface area contributed by atoms with E-state index in [2.05, 4.69) is 21.3 Å². The molecule has 0 bridgehead atoms. The summed E-state index contributed by atoms with van der Waals surface area (Å²) >= 11 is 0. The molecule has 0 aliphatic carbocycles. The molecule has 3 aromatic rings. The number of carbonyl (C=O) groups is 2. The van der Waals surface area contributed by atoms with E-state index in [-0.39, 0.29) is 17.4 Å². The zero-order valence-electron chi connectivity index (χ0n) is 17.6. The fourth-order valence-electron chi connectivity index (χ4n) is 4.67. The molecular weight excluding hydrogens is 411 g/mol. The normalized spacial score (nSPS) is 16.0. The minimum absolute atomic E-state index is 0.270. The third-order valence-electron chi connectivity index (χ3n) is 6.31. The largest absolute Gasteiger partial charge is 0.465 e. The van der Waals surface area contributed by atoms with Crippen molar-refractivity contribution in [3.8, 4) is 5.69 Å². The number of fused-ring (bicyclic) bond motifs is 4. The Morgan fingerprint density at radius 2 is 1.88 bits per heavy atom. The number of aromatic nitrogens is 1. The number of methoxy groups -OCH3 is 1. The molecule has 5 rings (SSSR count). The van der Waals surface area contributed by atoms with Gasteiger partial charge in [-0.15, -0.1) is 0 Å². The van der Waals surface area contributed by atoms with Gasteiger partial charge in [0.2, 0.25) is 0 Å². The molecule has 2 aliphatic heterocycles. The lowest BCUT2D eigenvalue weighted by Crippen LogP contribution is -2.51. The van der Waals surface area contributed by atoms with E-state index in [1.54, 1.807) is 35.2 Å². The molecule has 7 nitrogen and oxygen atoms in total. The zero-order valence-corrected chi connectivity index (χ0v) is 17.6. The summed E-state index contributed by atoms with van der Waals surface area (Å²) in [5.74, 6) is -0.792. The van der Waals surface area contributed by atoms with Gasteiger partial charge in [0.1, 0.15) is 5.82 Å². The lowest BCUT2D eigenvalue weighted by molar-refractivity contribution is 0.0602. The molecule has 2 aromatic carbocycles. The van der Waals surface area contributed by atoms with Gasteiger partial charge in [-0.25, -0.2) is 14.0 Å². The van der Waals surface area contributed by atoms with E-state index in [9.17, 15) is 14.0 Å². The van der Waals surface area contributed by atoms with E-state index in [0.29, 0.717) is 37.2 Å². The Bertz CT molecular complexity index is 1200. The SMILES string of the molecule is COC(=O)c1ccccc1NC(=O)N1CCC2(CC1)Nc1cc(F)ccc1-n1cccc12. The molecule has 0 unspecified atom stereocenters. The van der Waals surface area contributed by atoms with Crippen LogP contribution >= 0.6 is 0 Å². The van der Waals surface area contributed by atoms with Crippen LogP contribution in [0, 0.1) is 5.82 Å². The van der Waals surface area contributed by atoms with Crippen LogP contribution in [0.1, 0.15) is 28.9 Å². The van der Waals surface area contributed by atoms with Crippen LogP contribution in [0.3, 0.4) is 0 Å². The number of anilines is 2. The number of halogens is 1. The Labute approximate surface area is 184 Å². The van der Waals surface area contributed by atoms with Crippen molar-refractivity contribution in [3.63, 3.8) is 0 Å². The standard InChI is InChI=1S/C24H23FN4O3/c1-32-22(30)17-5-2-3-6-18(17)26-23(31)28-13-10-24(11-14-28)21-7-4-12-29(21)20-9-8-16(25)15-19(20)27-24/h2-9,12,15,27H,10-11,13-14H2,1H3,(H,26,31). The van der Waals surface area contributed by atoms with Crippen LogP contribution in [0.5, 0.6) is 0 Å². The number of nitrogens with one attached hydrogen (secondary N) is 2. The molecule has 8 heteroatoms. The first kappa shape index (κ1) is 20.1. The smallest absolute Gasteiger partial charge is 0.339 e. The second kappa shape index (κ2) is 7.71. The number of esters is 1. The van der Waals surface area contributed by atoms with E-state index >= 15 is 0 Å². The molecule has 164 valence electrons. The van der Waals surface area contributed by atoms with Crippen LogP contribution in [0.4, 0.5) is 20.6 Å². The minimum atomic E-state index is -0.503. The number of rotatable bonds is 2. The van der Waals surface area contributed by atoms with E-state index < -0.39 is 5.97 Å². The van der Waals surface area contributed by atoms with Gasteiger partial charge in [-0.2, -0.15) is 0 Å². The molecule has 3 heterocycles. The monoisotopic (exact) mass is 434 g/mol. The number of ether oxygens (including phenoxy) is 1. The van der Waals surface area contributed by atoms with Gasteiger partial charge in [-0.3, -0.25) is 0 Å². The molecule has 1 aromatic heterocycles. The highest BCUT2D eigenvalue weighted by atomic mass is 19.1. The Hall–Kier alpha value is -3.81. The number of hydrogen-bond donors (Lipinski definition) is 2. The van der Waals surface area contributed by atoms with Crippen LogP contribution in [0.2, 0.25) is 0 Å². The molecule has 1 spiro atoms. The van der Waals surface area contributed by atoms with E-state index in [4.69, 9.17) is 4.74 Å². The maximum atomic E-state index is 13.9. The van der Waals surface area contributed by atoms with Crippen LogP contribution in [-0.2, 0) is 10.3 Å². The Morgan fingerprint density at radius 3 is 2.66 bits per heavy atom. The number of benzene rings is 2. The maximum Gasteiger partial charge on any atom is 0.339 e. The summed E-state index contributed by atoms with van der Waals surface area (Å²) in [7, 11) is 1.31. The Balaban J connectivity index is 1.34. The summed E-state index contributed by atoms with van der Waals surface area (Å²) in [5.41, 5.74) is 3.11. The highest BCUT2D eigenvalue weighted by molar-refractivity contribution is 6.00. The molecule has 0 saturated carbocycles. The lowest BCUT2D eigenvalue weighted by atomic mass is 9.82. The first-order chi connectivity index (χ1) is 15.5. The number of hydrogen-bond acceptors (Lipinski definition) is 4. The molecule has 2 aliphatic rings. The summed E-state index contributed by atoms with van der Waals surface area (Å²) in [6.45, 7) is 1.02. The number of para-hydroxylation sites is 1. The predicted octanol–water partition coefficient (Wildman–Crippen LogP) is 4.35. The van der Waals surface area contributed by atoms with Crippen LogP contribution < -0.4 is 10.6 Å². The summed E-state index contributed by atoms with van der Waals surface area (Å²) in [4.78, 5) is 26.6. The second-order valence-corrected chi connectivity index (χ2v) is 8.09. The van der Waals surface area contributed by atoms with Gasteiger partial charge >= 0.3 is 12.0 Å². The molecule has 0 radical (unpaired) electrons. The van der Waals surface area contributed by atoms with Gasteiger partial charge in [-0.1, -0.05) is 12.1 Å². The van der Waals surface area contributed by atoms with Gasteiger partial charge < -0.3 is 24.8 Å². The van der Waals surface area contributed by atoms with Gasteiger partial charge in [-0.05, 0) is 55.3 Å². The predicted molar refractivity (Wildman–Crippen MR) is 119 cm³/mol. The maximum absolute atomic E-state index is 13.9. The molecule has 0 atom stereocenters. The number of nitrogens with zero attached hydrogens (tertiary/aromatic N) is 2. The minimum Gasteiger partial charge on any atom is -0.465 e. The van der Waals surface area contributed by atoms with Crippen molar-refractivity contribution in [2.45, 2.75) is 18.4 Å². The topological polar surface area (TPSA) is 75.6 Å². The van der Waals surface area contributed by atoms with Crippen LogP contribution in [0.25, 0.3) is 5.69 Å². The highest BCUT2D eigenvalue weighted by Crippen LogP contribution is 2.43. The number of likely N-dealkylation sites (tertiary alicyclic amines) is 1. The number of piperidine rings is 1. The van der Waals surface area contributed by atoms with Gasteiger partial charge in [0.15, 0.2) is 0 Å². The highest BCUT2D eigenvalue weighted by Gasteiger charge is 2.42. The molecular formula is C24H23FN4O3. The summed E-state index contributed by atoms with van der Waals surface area (Å²) in [6.07, 6.45) is 3.32. The van der Waals surface area contributed by atoms with Crippen molar-refractivity contribution < 1.29 is 18.7 Å². The van der Waals surface area contributed by atoms with Gasteiger partial charge in [0.05, 0.1) is 35.3 Å². The summed E-state index contributed by atoms with van der Waals surface area (Å²) < 4.78 is 20.8. The fraction of sp³-hybridized carbons (Fsp3) is 0.250. The quantitative estimate of drug-likeness (QED) is 0.588. The second-order valence-electron chi connectivity index (χ2n) is 8.09. The third-order valence-corrected chi connectivity index (χ3v) is 6.31. The van der Waals surface area contributed by atoms with Gasteiger partial charge in [0.25, 0.3) is 0 Å². The zero-order chi connectivity index (χ0) is 22.3. The number of amides is 2. The van der Waals surface area contributed by atoms with Crippen LogP contribution in [0.15, 0.2) is 60.8 Å². The third kappa shape index (κ3) is 3.28. The average Bonchev–Trinajstić information content (AvgIpc) is 3.30. The van der Waals surface area contributed by atoms with Crippen molar-refractivity contribution in [1.82, 2.24) is 9.47 Å². The molecule has 32 heavy (non-hydrogen) atoms. The fourth-order valence-corrected chi connectivity index (χ4v) is 4.67. The average molecular weight is 434 g/mol. The summed E-state index contributed by atoms with van der Waals surface area (Å²) in [5, 5.41) is 6.39. The first-order valence-electron chi connectivity index (χ1n) is 10.5. The summed E-state index contributed by atoms with van der Waals surface area (Å²) in [6, 6.07) is 15.3. The molecule has 2 amide bonds. The molecule has 1 saturated heterocycles. The van der Waals surface area contributed by atoms with Crippen molar-refractivity contribution >= 4 is 23.4 Å². The number of urea groups is 1. The first-order valence-corrected chi connectivity index (χ1v) is 10.5. The van der Waals surface area contributed by atoms with E-state index in [1.165, 1.54) is 19.2 Å². The number of carbonyl (C=O) groups excluding carboxylic acids is 2. The van der Waals surface area contributed by atoms with Crippen molar-refractivity contribution in [2.75, 3.05) is 30.8 Å². The molecule has 1 fully saturated rings. The van der Waals surface area contributed by atoms with Crippen molar-refractivity contribution in [2.24, 2.45) is 0 Å². The van der Waals surface area contributed by atoms with Crippen molar-refractivity contribution in [1.29, 1.82) is 0 Å². The van der Waals surface area contributed by atoms with Gasteiger partial charge in [0, 0.05) is 25.0 Å². The van der Waals surface area contributed by atoms with E-state index in [1.807, 2.05) is 12.3 Å². The van der Waals surface area contributed by atoms with E-state index in [0.717, 1.165) is 17.1 Å². The lowest BCUT2D eigenvalue weighted by Gasteiger charge is -2.46.